The molecule has 0 fully saturated rings. The monoisotopic (exact) mass is 269 g/mol. The Bertz CT molecular complexity index is 579. The van der Waals surface area contributed by atoms with Gasteiger partial charge in [-0.15, -0.1) is 21.5 Å². The molecule has 0 aliphatic carbocycles. The molecule has 2 N–H and O–H groups in total. The Kier molecular flexibility index (Phi) is 3.55. The quantitative estimate of drug-likeness (QED) is 0.806. The van der Waals surface area contributed by atoms with Gasteiger partial charge >= 0.3 is 5.97 Å². The van der Waals surface area contributed by atoms with Crippen LogP contribution in [0.3, 0.4) is 0 Å². The van der Waals surface area contributed by atoms with Crippen LogP contribution >= 0.6 is 23.1 Å². The van der Waals surface area contributed by atoms with Gasteiger partial charge in [-0.3, -0.25) is 14.6 Å². The highest BCUT2D eigenvalue weighted by molar-refractivity contribution is 7.99. The Labute approximate surface area is 104 Å². The molecule has 0 amide bonds. The van der Waals surface area contributed by atoms with Crippen molar-refractivity contribution in [3.8, 4) is 10.6 Å². The maximum absolute atomic E-state index is 11.7. The van der Waals surface area contributed by atoms with E-state index in [0.717, 1.165) is 16.6 Å². The highest BCUT2D eigenvalue weighted by Crippen LogP contribution is 2.19. The van der Waals surface area contributed by atoms with Gasteiger partial charge in [0.25, 0.3) is 5.56 Å². The number of aromatic nitrogens is 3. The Morgan fingerprint density at radius 3 is 2.94 bits per heavy atom. The van der Waals surface area contributed by atoms with Gasteiger partial charge in [0.1, 0.15) is 0 Å². The van der Waals surface area contributed by atoms with Crippen molar-refractivity contribution in [3.05, 3.63) is 27.9 Å². The first-order chi connectivity index (χ1) is 8.16. The van der Waals surface area contributed by atoms with Gasteiger partial charge in [0.2, 0.25) is 0 Å². The molecule has 17 heavy (non-hydrogen) atoms. The van der Waals surface area contributed by atoms with E-state index < -0.39 is 5.97 Å². The molecule has 2 rings (SSSR count). The van der Waals surface area contributed by atoms with E-state index in [1.807, 2.05) is 11.4 Å². The van der Waals surface area contributed by atoms with Crippen LogP contribution in [0.5, 0.6) is 0 Å². The molecule has 0 aliphatic heterocycles. The molecule has 6 nitrogen and oxygen atoms in total. The predicted molar refractivity (Wildman–Crippen MR) is 64.3 cm³/mol. The molecule has 2 heterocycles. The zero-order chi connectivity index (χ0) is 12.3. The lowest BCUT2D eigenvalue weighted by Gasteiger charge is -1.98. The second kappa shape index (κ2) is 5.11. The molecule has 0 radical (unpaired) electrons. The fourth-order valence-corrected chi connectivity index (χ4v) is 2.32. The van der Waals surface area contributed by atoms with Crippen molar-refractivity contribution >= 4 is 29.1 Å². The van der Waals surface area contributed by atoms with Gasteiger partial charge in [0.15, 0.2) is 10.9 Å². The number of aliphatic carboxylic acids is 1. The van der Waals surface area contributed by atoms with Crippen molar-refractivity contribution in [3.63, 3.8) is 0 Å². The number of thioether (sulfide) groups is 1. The third kappa shape index (κ3) is 2.92. The first-order valence-electron chi connectivity index (χ1n) is 4.52. The molecule has 2 aromatic rings. The van der Waals surface area contributed by atoms with Crippen LogP contribution < -0.4 is 5.56 Å². The summed E-state index contributed by atoms with van der Waals surface area (Å²) in [5.41, 5.74) is -0.116. The maximum atomic E-state index is 11.7. The Balaban J connectivity index is 2.23. The summed E-state index contributed by atoms with van der Waals surface area (Å²) in [6, 6.07) is 3.59. The van der Waals surface area contributed by atoms with E-state index >= 15 is 0 Å². The smallest absolute Gasteiger partial charge is 0.313 e. The first-order valence-corrected chi connectivity index (χ1v) is 6.39. The van der Waals surface area contributed by atoms with E-state index in [-0.39, 0.29) is 22.2 Å². The van der Waals surface area contributed by atoms with Gasteiger partial charge in [-0.25, -0.2) is 0 Å². The minimum Gasteiger partial charge on any atom is -0.481 e. The van der Waals surface area contributed by atoms with Crippen molar-refractivity contribution in [2.75, 3.05) is 5.75 Å². The summed E-state index contributed by atoms with van der Waals surface area (Å²) in [5, 5.41) is 18.1. The van der Waals surface area contributed by atoms with Crippen LogP contribution in [-0.4, -0.2) is 32.0 Å². The van der Waals surface area contributed by atoms with E-state index in [2.05, 4.69) is 15.2 Å². The second-order valence-corrected chi connectivity index (χ2v) is 4.88. The number of nitrogens with one attached hydrogen (secondary N) is 1. The molecule has 0 saturated heterocycles. The third-order valence-corrected chi connectivity index (χ3v) is 3.49. The third-order valence-electron chi connectivity index (χ3n) is 1.76. The average molecular weight is 269 g/mol. The highest BCUT2D eigenvalue weighted by atomic mass is 32.2. The van der Waals surface area contributed by atoms with Crippen molar-refractivity contribution < 1.29 is 9.90 Å². The fraction of sp³-hybridized carbons (Fsp3) is 0.111. The SMILES string of the molecule is O=C(O)CSc1nnc(-c2cccs2)c(=O)[nH]1. The molecule has 0 unspecified atom stereocenters. The van der Waals surface area contributed by atoms with E-state index in [4.69, 9.17) is 5.11 Å². The van der Waals surface area contributed by atoms with Crippen LogP contribution in [0.25, 0.3) is 10.6 Å². The molecule has 0 aromatic carbocycles. The van der Waals surface area contributed by atoms with Crippen molar-refractivity contribution in [2.45, 2.75) is 5.16 Å². The summed E-state index contributed by atoms with van der Waals surface area (Å²) in [6.07, 6.45) is 0. The number of nitrogens with zero attached hydrogens (tertiary/aromatic N) is 2. The van der Waals surface area contributed by atoms with Crippen LogP contribution in [-0.2, 0) is 4.79 Å². The summed E-state index contributed by atoms with van der Waals surface area (Å²) in [4.78, 5) is 25.2. The number of carboxylic acids is 1. The standard InChI is InChI=1S/C9H7N3O3S2/c13-6(14)4-17-9-10-8(15)7(11-12-9)5-2-1-3-16-5/h1-3H,4H2,(H,13,14)(H,10,12,15). The van der Waals surface area contributed by atoms with Gasteiger partial charge < -0.3 is 5.11 Å². The average Bonchev–Trinajstić information content (AvgIpc) is 2.79. The summed E-state index contributed by atoms with van der Waals surface area (Å²) in [5.74, 6) is -1.14. The van der Waals surface area contributed by atoms with Gasteiger partial charge in [0, 0.05) is 0 Å². The van der Waals surface area contributed by atoms with E-state index in [1.54, 1.807) is 6.07 Å². The number of carboxylic acid groups (broad SMARTS) is 1. The van der Waals surface area contributed by atoms with Crippen molar-refractivity contribution in [2.24, 2.45) is 0 Å². The van der Waals surface area contributed by atoms with Crippen LogP contribution in [0.4, 0.5) is 0 Å². The number of H-pyrrole nitrogens is 1. The fourth-order valence-electron chi connectivity index (χ4n) is 1.09. The van der Waals surface area contributed by atoms with Crippen LogP contribution in [0.2, 0.25) is 0 Å². The van der Waals surface area contributed by atoms with E-state index in [0.29, 0.717) is 0 Å². The minimum atomic E-state index is -0.972. The highest BCUT2D eigenvalue weighted by Gasteiger charge is 2.09. The summed E-state index contributed by atoms with van der Waals surface area (Å²) < 4.78 is 0. The van der Waals surface area contributed by atoms with Gasteiger partial charge in [-0.05, 0) is 11.4 Å². The van der Waals surface area contributed by atoms with Gasteiger partial charge in [-0.1, -0.05) is 17.8 Å². The largest absolute Gasteiger partial charge is 0.481 e. The molecule has 0 atom stereocenters. The molecule has 0 bridgehead atoms. The molecule has 88 valence electrons. The number of hydrogen-bond acceptors (Lipinski definition) is 6. The number of aromatic amines is 1. The Morgan fingerprint density at radius 1 is 1.53 bits per heavy atom. The molecule has 0 saturated carbocycles. The van der Waals surface area contributed by atoms with E-state index in [9.17, 15) is 9.59 Å². The Morgan fingerprint density at radius 2 is 2.35 bits per heavy atom. The number of rotatable bonds is 4. The predicted octanol–water partition coefficient (Wildman–Crippen LogP) is 1.07. The molecule has 2 aromatic heterocycles. The minimum absolute atomic E-state index is 0.164. The lowest BCUT2D eigenvalue weighted by atomic mass is 10.4. The topological polar surface area (TPSA) is 95.9 Å². The van der Waals surface area contributed by atoms with Crippen LogP contribution in [0.15, 0.2) is 27.5 Å². The lowest BCUT2D eigenvalue weighted by Crippen LogP contribution is -2.14. The van der Waals surface area contributed by atoms with Crippen molar-refractivity contribution in [1.29, 1.82) is 0 Å². The molecule has 0 aliphatic rings. The van der Waals surface area contributed by atoms with Crippen molar-refractivity contribution in [1.82, 2.24) is 15.2 Å². The maximum Gasteiger partial charge on any atom is 0.313 e. The van der Waals surface area contributed by atoms with Crippen LogP contribution in [0, 0.1) is 0 Å². The van der Waals surface area contributed by atoms with E-state index in [1.165, 1.54) is 11.3 Å². The van der Waals surface area contributed by atoms with Gasteiger partial charge in [-0.2, -0.15) is 0 Å². The number of thiophene rings is 1. The lowest BCUT2D eigenvalue weighted by molar-refractivity contribution is -0.133. The Hall–Kier alpha value is -1.67. The second-order valence-electron chi connectivity index (χ2n) is 2.97. The van der Waals surface area contributed by atoms with Gasteiger partial charge in [0.05, 0.1) is 10.6 Å². The summed E-state index contributed by atoms with van der Waals surface area (Å²) >= 11 is 2.31. The summed E-state index contributed by atoms with van der Waals surface area (Å²) in [7, 11) is 0. The first kappa shape index (κ1) is 11.8. The number of hydrogen-bond donors (Lipinski definition) is 2. The molecular formula is C9H7N3O3S2. The zero-order valence-corrected chi connectivity index (χ0v) is 10.0. The zero-order valence-electron chi connectivity index (χ0n) is 8.41. The molecule has 8 heteroatoms. The summed E-state index contributed by atoms with van der Waals surface area (Å²) in [6.45, 7) is 0. The number of carbonyl (C=O) groups is 1. The molecular weight excluding hydrogens is 262 g/mol. The normalized spacial score (nSPS) is 10.4. The molecule has 0 spiro atoms. The van der Waals surface area contributed by atoms with Crippen LogP contribution in [0.1, 0.15) is 0 Å².